The zero-order chi connectivity index (χ0) is 17.5. The molecule has 1 aliphatic heterocycles. The van der Waals surface area contributed by atoms with Crippen LogP contribution in [0.3, 0.4) is 0 Å². The van der Waals surface area contributed by atoms with E-state index in [4.69, 9.17) is 11.6 Å². The quantitative estimate of drug-likeness (QED) is 0.849. The fourth-order valence-electron chi connectivity index (χ4n) is 2.89. The van der Waals surface area contributed by atoms with Crippen LogP contribution in [0, 0.1) is 0 Å². The summed E-state index contributed by atoms with van der Waals surface area (Å²) in [7, 11) is 0. The Morgan fingerprint density at radius 3 is 2.76 bits per heavy atom. The first-order valence-corrected chi connectivity index (χ1v) is 8.83. The second-order valence-electron chi connectivity index (χ2n) is 6.06. The lowest BCUT2D eigenvalue weighted by Crippen LogP contribution is -2.49. The van der Waals surface area contributed by atoms with Crippen LogP contribution < -0.4 is 10.2 Å². The Morgan fingerprint density at radius 1 is 1.20 bits per heavy atom. The topological polar surface area (TPSA) is 61.4 Å². The molecule has 0 radical (unpaired) electrons. The molecule has 1 aromatic heterocycles. The molecular weight excluding hydrogens is 338 g/mol. The zero-order valence-electron chi connectivity index (χ0n) is 14.1. The Kier molecular flexibility index (Phi) is 6.19. The first kappa shape index (κ1) is 17.6. The van der Waals surface area contributed by atoms with E-state index in [0.717, 1.165) is 49.0 Å². The summed E-state index contributed by atoms with van der Waals surface area (Å²) < 4.78 is 0. The van der Waals surface area contributed by atoms with Crippen molar-refractivity contribution in [1.82, 2.24) is 20.2 Å². The van der Waals surface area contributed by atoms with Crippen LogP contribution in [0.25, 0.3) is 0 Å². The smallest absolute Gasteiger partial charge is 0.234 e. The molecular formula is C18H22ClN5O. The molecule has 3 rings (SSSR count). The number of halogens is 1. The highest BCUT2D eigenvalue weighted by Gasteiger charge is 2.19. The highest BCUT2D eigenvalue weighted by molar-refractivity contribution is 6.30. The van der Waals surface area contributed by atoms with Crippen molar-refractivity contribution in [3.8, 4) is 0 Å². The lowest BCUT2D eigenvalue weighted by molar-refractivity contribution is -0.122. The predicted octanol–water partition coefficient (Wildman–Crippen LogP) is 1.61. The molecule has 1 amide bonds. The van der Waals surface area contributed by atoms with Crippen LogP contribution in [-0.4, -0.2) is 60.0 Å². The first-order chi connectivity index (χ1) is 12.2. The van der Waals surface area contributed by atoms with Crippen molar-refractivity contribution in [3.63, 3.8) is 0 Å². The van der Waals surface area contributed by atoms with Crippen LogP contribution in [0.15, 0.2) is 42.9 Å². The van der Waals surface area contributed by atoms with Crippen molar-refractivity contribution in [3.05, 3.63) is 53.4 Å². The van der Waals surface area contributed by atoms with Gasteiger partial charge in [-0.05, 0) is 24.1 Å². The third-order valence-electron chi connectivity index (χ3n) is 4.24. The molecule has 1 saturated heterocycles. The van der Waals surface area contributed by atoms with Gasteiger partial charge in [-0.25, -0.2) is 4.98 Å². The van der Waals surface area contributed by atoms with Gasteiger partial charge in [-0.1, -0.05) is 23.7 Å². The second-order valence-corrected chi connectivity index (χ2v) is 6.49. The number of anilines is 1. The third kappa shape index (κ3) is 5.41. The van der Waals surface area contributed by atoms with Gasteiger partial charge >= 0.3 is 0 Å². The molecule has 1 aliphatic rings. The van der Waals surface area contributed by atoms with Crippen LogP contribution >= 0.6 is 11.6 Å². The van der Waals surface area contributed by atoms with Gasteiger partial charge in [0.2, 0.25) is 5.91 Å². The molecule has 132 valence electrons. The number of hydrogen-bond donors (Lipinski definition) is 1. The van der Waals surface area contributed by atoms with Gasteiger partial charge in [0.1, 0.15) is 5.82 Å². The van der Waals surface area contributed by atoms with Crippen LogP contribution in [0.1, 0.15) is 5.56 Å². The number of hydrogen-bond acceptors (Lipinski definition) is 5. The van der Waals surface area contributed by atoms with E-state index in [1.807, 2.05) is 24.3 Å². The summed E-state index contributed by atoms with van der Waals surface area (Å²) >= 11 is 5.96. The fourth-order valence-corrected chi connectivity index (χ4v) is 3.10. The van der Waals surface area contributed by atoms with Gasteiger partial charge in [0.05, 0.1) is 12.7 Å². The maximum Gasteiger partial charge on any atom is 0.234 e. The summed E-state index contributed by atoms with van der Waals surface area (Å²) in [6.07, 6.45) is 5.94. The number of aromatic nitrogens is 2. The monoisotopic (exact) mass is 359 g/mol. The van der Waals surface area contributed by atoms with Gasteiger partial charge in [0, 0.05) is 50.1 Å². The molecule has 6 nitrogen and oxygen atoms in total. The highest BCUT2D eigenvalue weighted by atomic mass is 35.5. The van der Waals surface area contributed by atoms with Crippen molar-refractivity contribution in [2.24, 2.45) is 0 Å². The minimum atomic E-state index is 0.0648. The van der Waals surface area contributed by atoms with E-state index in [9.17, 15) is 4.79 Å². The summed E-state index contributed by atoms with van der Waals surface area (Å²) in [5, 5.41) is 3.71. The predicted molar refractivity (Wildman–Crippen MR) is 98.9 cm³/mol. The number of amides is 1. The number of rotatable bonds is 6. The van der Waals surface area contributed by atoms with E-state index in [-0.39, 0.29) is 5.91 Å². The summed E-state index contributed by atoms with van der Waals surface area (Å²) in [4.78, 5) is 24.9. The zero-order valence-corrected chi connectivity index (χ0v) is 14.8. The molecule has 0 unspecified atom stereocenters. The molecule has 0 atom stereocenters. The number of piperazine rings is 1. The molecule has 1 N–H and O–H groups in total. The van der Waals surface area contributed by atoms with Crippen LogP contribution in [0.5, 0.6) is 0 Å². The van der Waals surface area contributed by atoms with Gasteiger partial charge in [0.25, 0.3) is 0 Å². The van der Waals surface area contributed by atoms with E-state index in [1.54, 1.807) is 18.6 Å². The Labute approximate surface area is 152 Å². The third-order valence-corrected chi connectivity index (χ3v) is 4.47. The van der Waals surface area contributed by atoms with Crippen molar-refractivity contribution in [2.75, 3.05) is 44.2 Å². The Bertz CT molecular complexity index is 689. The van der Waals surface area contributed by atoms with Crippen molar-refractivity contribution >= 4 is 23.3 Å². The summed E-state index contributed by atoms with van der Waals surface area (Å²) in [5.41, 5.74) is 1.13. The van der Waals surface area contributed by atoms with Crippen LogP contribution in [0.2, 0.25) is 5.02 Å². The van der Waals surface area contributed by atoms with Gasteiger partial charge in [-0.3, -0.25) is 14.7 Å². The Morgan fingerprint density at radius 2 is 2.04 bits per heavy atom. The maximum absolute atomic E-state index is 12.1. The maximum atomic E-state index is 12.1. The average molecular weight is 360 g/mol. The normalized spacial score (nSPS) is 15.2. The number of nitrogens with zero attached hydrogens (tertiary/aromatic N) is 4. The first-order valence-electron chi connectivity index (χ1n) is 8.45. The standard InChI is InChI=1S/C18H22ClN5O/c19-16-3-1-2-15(12-16)4-5-22-18(25)14-23-8-10-24(11-9-23)17-13-20-6-7-21-17/h1-3,6-7,12-13H,4-5,8-11,14H2,(H,22,25). The lowest BCUT2D eigenvalue weighted by Gasteiger charge is -2.34. The molecule has 0 saturated carbocycles. The molecule has 2 aromatic rings. The molecule has 2 heterocycles. The van der Waals surface area contributed by atoms with Gasteiger partial charge in [0.15, 0.2) is 0 Å². The molecule has 1 fully saturated rings. The van der Waals surface area contributed by atoms with E-state index < -0.39 is 0 Å². The lowest BCUT2D eigenvalue weighted by atomic mass is 10.1. The minimum absolute atomic E-state index is 0.0648. The SMILES string of the molecule is O=C(CN1CCN(c2cnccn2)CC1)NCCc1cccc(Cl)c1. The average Bonchev–Trinajstić information content (AvgIpc) is 2.63. The number of carbonyl (C=O) groups is 1. The molecule has 0 spiro atoms. The van der Waals surface area contributed by atoms with E-state index in [1.165, 1.54) is 0 Å². The number of carbonyl (C=O) groups excluding carboxylic acids is 1. The summed E-state index contributed by atoms with van der Waals surface area (Å²) in [5.74, 6) is 0.961. The van der Waals surface area contributed by atoms with E-state index in [0.29, 0.717) is 13.1 Å². The minimum Gasteiger partial charge on any atom is -0.355 e. The van der Waals surface area contributed by atoms with E-state index in [2.05, 4.69) is 25.1 Å². The fraction of sp³-hybridized carbons (Fsp3) is 0.389. The van der Waals surface area contributed by atoms with Crippen molar-refractivity contribution < 1.29 is 4.79 Å². The molecule has 0 aliphatic carbocycles. The molecule has 0 bridgehead atoms. The summed E-state index contributed by atoms with van der Waals surface area (Å²) in [6, 6.07) is 7.73. The molecule has 25 heavy (non-hydrogen) atoms. The van der Waals surface area contributed by atoms with Crippen LogP contribution in [0.4, 0.5) is 5.82 Å². The molecule has 7 heteroatoms. The van der Waals surface area contributed by atoms with Gasteiger partial charge < -0.3 is 10.2 Å². The van der Waals surface area contributed by atoms with Gasteiger partial charge in [-0.15, -0.1) is 0 Å². The Balaban J connectivity index is 1.36. The highest BCUT2D eigenvalue weighted by Crippen LogP contribution is 2.12. The second kappa shape index (κ2) is 8.78. The van der Waals surface area contributed by atoms with Gasteiger partial charge in [-0.2, -0.15) is 0 Å². The molecule has 1 aromatic carbocycles. The summed E-state index contributed by atoms with van der Waals surface area (Å²) in [6.45, 7) is 4.46. The number of nitrogens with one attached hydrogen (secondary N) is 1. The van der Waals surface area contributed by atoms with Crippen molar-refractivity contribution in [2.45, 2.75) is 6.42 Å². The number of benzene rings is 1. The Hall–Kier alpha value is -2.18. The van der Waals surface area contributed by atoms with E-state index >= 15 is 0 Å². The largest absolute Gasteiger partial charge is 0.355 e. The van der Waals surface area contributed by atoms with Crippen molar-refractivity contribution in [1.29, 1.82) is 0 Å². The van der Waals surface area contributed by atoms with Crippen LogP contribution in [-0.2, 0) is 11.2 Å².